The minimum Gasteiger partial charge on any atom is -0.361 e. The Morgan fingerprint density at radius 3 is 3.05 bits per heavy atom. The number of benzene rings is 1. The number of H-pyrrole nitrogens is 1. The van der Waals surface area contributed by atoms with Crippen molar-refractivity contribution < 1.29 is 14.3 Å². The summed E-state index contributed by atoms with van der Waals surface area (Å²) in [5.41, 5.74) is 1.67. The zero-order valence-corrected chi connectivity index (χ0v) is 11.6. The molecule has 20 heavy (non-hydrogen) atoms. The van der Waals surface area contributed by atoms with Gasteiger partial charge in [-0.3, -0.25) is 4.79 Å². The second-order valence-corrected chi connectivity index (χ2v) is 5.44. The van der Waals surface area contributed by atoms with Gasteiger partial charge in [0.15, 0.2) is 5.79 Å². The van der Waals surface area contributed by atoms with E-state index in [-0.39, 0.29) is 12.0 Å². The van der Waals surface area contributed by atoms with Crippen molar-refractivity contribution in [1.82, 2.24) is 10.3 Å². The number of aromatic nitrogens is 1. The average Bonchev–Trinajstić information content (AvgIpc) is 3.01. The van der Waals surface area contributed by atoms with Crippen LogP contribution in [-0.2, 0) is 9.47 Å². The lowest BCUT2D eigenvalue weighted by Crippen LogP contribution is -2.34. The minimum atomic E-state index is -0.556. The van der Waals surface area contributed by atoms with Crippen molar-refractivity contribution in [3.05, 3.63) is 36.0 Å². The van der Waals surface area contributed by atoms with Crippen LogP contribution < -0.4 is 5.32 Å². The fourth-order valence-electron chi connectivity index (χ4n) is 2.37. The summed E-state index contributed by atoms with van der Waals surface area (Å²) in [5, 5.41) is 3.91. The molecule has 5 heteroatoms. The molecule has 1 aromatic heterocycles. The maximum Gasteiger partial charge on any atom is 0.251 e. The summed E-state index contributed by atoms with van der Waals surface area (Å²) in [6.45, 7) is 4.70. The van der Waals surface area contributed by atoms with Gasteiger partial charge in [-0.25, -0.2) is 0 Å². The van der Waals surface area contributed by atoms with Crippen molar-refractivity contribution >= 4 is 16.8 Å². The Bertz CT molecular complexity index is 633. The van der Waals surface area contributed by atoms with E-state index in [0.717, 1.165) is 10.9 Å². The van der Waals surface area contributed by atoms with E-state index in [9.17, 15) is 4.79 Å². The molecule has 2 aromatic rings. The SMILES string of the molecule is CC1(C)OCC(CNC(=O)c2ccc3[nH]ccc3c2)O1. The molecule has 1 aliphatic heterocycles. The molecule has 1 unspecified atom stereocenters. The number of rotatable bonds is 3. The van der Waals surface area contributed by atoms with Crippen LogP contribution in [0.1, 0.15) is 24.2 Å². The maximum atomic E-state index is 12.1. The van der Waals surface area contributed by atoms with Crippen LogP contribution in [0.3, 0.4) is 0 Å². The Labute approximate surface area is 117 Å². The van der Waals surface area contributed by atoms with Crippen LogP contribution in [0.2, 0.25) is 0 Å². The van der Waals surface area contributed by atoms with Crippen LogP contribution in [-0.4, -0.2) is 35.9 Å². The molecular formula is C15H18N2O3. The summed E-state index contributed by atoms with van der Waals surface area (Å²) >= 11 is 0. The first-order chi connectivity index (χ1) is 9.53. The molecule has 1 fully saturated rings. The molecule has 0 bridgehead atoms. The summed E-state index contributed by atoms with van der Waals surface area (Å²) < 4.78 is 11.1. The van der Waals surface area contributed by atoms with E-state index in [2.05, 4.69) is 10.3 Å². The molecule has 0 saturated carbocycles. The van der Waals surface area contributed by atoms with Gasteiger partial charge in [0.1, 0.15) is 6.10 Å². The number of fused-ring (bicyclic) bond motifs is 1. The standard InChI is InChI=1S/C15H18N2O3/c1-15(2)19-9-12(20-15)8-17-14(18)11-3-4-13-10(7-11)5-6-16-13/h3-7,12,16H,8-9H2,1-2H3,(H,17,18). The topological polar surface area (TPSA) is 63.3 Å². The van der Waals surface area contributed by atoms with Crippen molar-refractivity contribution in [2.24, 2.45) is 0 Å². The number of nitrogens with one attached hydrogen (secondary N) is 2. The van der Waals surface area contributed by atoms with Gasteiger partial charge < -0.3 is 19.8 Å². The second kappa shape index (κ2) is 4.92. The Balaban J connectivity index is 1.61. The van der Waals surface area contributed by atoms with Crippen molar-refractivity contribution in [2.45, 2.75) is 25.7 Å². The van der Waals surface area contributed by atoms with Gasteiger partial charge in [0, 0.05) is 29.2 Å². The molecule has 1 aliphatic rings. The maximum absolute atomic E-state index is 12.1. The van der Waals surface area contributed by atoms with Crippen LogP contribution in [0.5, 0.6) is 0 Å². The van der Waals surface area contributed by atoms with E-state index in [1.54, 1.807) is 0 Å². The molecule has 2 heterocycles. The molecule has 0 spiro atoms. The van der Waals surface area contributed by atoms with Crippen LogP contribution in [0, 0.1) is 0 Å². The van der Waals surface area contributed by atoms with Crippen LogP contribution in [0.4, 0.5) is 0 Å². The van der Waals surface area contributed by atoms with E-state index in [1.807, 2.05) is 44.3 Å². The lowest BCUT2D eigenvalue weighted by atomic mass is 10.1. The number of amides is 1. The molecular weight excluding hydrogens is 256 g/mol. The van der Waals surface area contributed by atoms with Crippen LogP contribution in [0.25, 0.3) is 10.9 Å². The van der Waals surface area contributed by atoms with E-state index in [1.165, 1.54) is 0 Å². The summed E-state index contributed by atoms with van der Waals surface area (Å²) in [5.74, 6) is -0.652. The number of ether oxygens (including phenoxy) is 2. The molecule has 2 N–H and O–H groups in total. The van der Waals surface area contributed by atoms with Gasteiger partial charge in [0.25, 0.3) is 5.91 Å². The number of hydrogen-bond donors (Lipinski definition) is 2. The van der Waals surface area contributed by atoms with Crippen molar-refractivity contribution in [3.63, 3.8) is 0 Å². The Morgan fingerprint density at radius 1 is 1.45 bits per heavy atom. The quantitative estimate of drug-likeness (QED) is 0.900. The largest absolute Gasteiger partial charge is 0.361 e. The molecule has 106 valence electrons. The number of hydrogen-bond acceptors (Lipinski definition) is 3. The fraction of sp³-hybridized carbons (Fsp3) is 0.400. The number of aromatic amines is 1. The first-order valence-corrected chi connectivity index (χ1v) is 6.71. The highest BCUT2D eigenvalue weighted by Gasteiger charge is 2.32. The monoisotopic (exact) mass is 274 g/mol. The normalized spacial score (nSPS) is 21.2. The predicted molar refractivity (Wildman–Crippen MR) is 75.5 cm³/mol. The van der Waals surface area contributed by atoms with Crippen molar-refractivity contribution in [2.75, 3.05) is 13.2 Å². The average molecular weight is 274 g/mol. The third-order valence-corrected chi connectivity index (χ3v) is 3.37. The smallest absolute Gasteiger partial charge is 0.251 e. The molecule has 1 amide bonds. The molecule has 1 aromatic carbocycles. The summed E-state index contributed by atoms with van der Waals surface area (Å²) in [4.78, 5) is 15.2. The zero-order chi connectivity index (χ0) is 14.2. The lowest BCUT2D eigenvalue weighted by molar-refractivity contribution is -0.137. The van der Waals surface area contributed by atoms with Gasteiger partial charge >= 0.3 is 0 Å². The third kappa shape index (κ3) is 2.69. The summed E-state index contributed by atoms with van der Waals surface area (Å²) in [7, 11) is 0. The van der Waals surface area contributed by atoms with Crippen molar-refractivity contribution in [3.8, 4) is 0 Å². The first-order valence-electron chi connectivity index (χ1n) is 6.71. The van der Waals surface area contributed by atoms with E-state index in [4.69, 9.17) is 9.47 Å². The van der Waals surface area contributed by atoms with E-state index < -0.39 is 5.79 Å². The highest BCUT2D eigenvalue weighted by Crippen LogP contribution is 2.21. The fourth-order valence-corrected chi connectivity index (χ4v) is 2.37. The molecule has 0 radical (unpaired) electrons. The Morgan fingerprint density at radius 2 is 2.30 bits per heavy atom. The predicted octanol–water partition coefficient (Wildman–Crippen LogP) is 2.05. The van der Waals surface area contributed by atoms with Gasteiger partial charge in [0.2, 0.25) is 0 Å². The van der Waals surface area contributed by atoms with Crippen LogP contribution >= 0.6 is 0 Å². The molecule has 0 aliphatic carbocycles. The highest BCUT2D eigenvalue weighted by atomic mass is 16.7. The van der Waals surface area contributed by atoms with Gasteiger partial charge in [0.05, 0.1) is 6.61 Å². The van der Waals surface area contributed by atoms with Gasteiger partial charge in [-0.1, -0.05) is 0 Å². The Hall–Kier alpha value is -1.85. The highest BCUT2D eigenvalue weighted by molar-refractivity contribution is 5.98. The second-order valence-electron chi connectivity index (χ2n) is 5.44. The van der Waals surface area contributed by atoms with Gasteiger partial charge in [-0.2, -0.15) is 0 Å². The van der Waals surface area contributed by atoms with E-state index >= 15 is 0 Å². The minimum absolute atomic E-state index is 0.0926. The molecule has 1 atom stereocenters. The van der Waals surface area contributed by atoms with Gasteiger partial charge in [-0.15, -0.1) is 0 Å². The Kier molecular flexibility index (Phi) is 3.23. The zero-order valence-electron chi connectivity index (χ0n) is 11.6. The lowest BCUT2D eigenvalue weighted by Gasteiger charge is -2.17. The molecule has 3 rings (SSSR count). The summed E-state index contributed by atoms with van der Waals surface area (Å²) in [6, 6.07) is 7.53. The van der Waals surface area contributed by atoms with E-state index in [0.29, 0.717) is 18.7 Å². The van der Waals surface area contributed by atoms with Crippen LogP contribution in [0.15, 0.2) is 30.5 Å². The van der Waals surface area contributed by atoms with Crippen molar-refractivity contribution in [1.29, 1.82) is 0 Å². The molecule has 5 nitrogen and oxygen atoms in total. The molecule has 1 saturated heterocycles. The number of carbonyl (C=O) groups is 1. The first kappa shape index (κ1) is 13.1. The number of carbonyl (C=O) groups excluding carboxylic acids is 1. The summed E-state index contributed by atoms with van der Waals surface area (Å²) in [6.07, 6.45) is 1.77. The van der Waals surface area contributed by atoms with Gasteiger partial charge in [-0.05, 0) is 38.1 Å². The third-order valence-electron chi connectivity index (χ3n) is 3.37.